The molecule has 0 bridgehead atoms. The highest BCUT2D eigenvalue weighted by molar-refractivity contribution is 7.89. The Morgan fingerprint density at radius 1 is 0.857 bits per heavy atom. The molecule has 0 aliphatic rings. The molecule has 82 valence electrons. The van der Waals surface area contributed by atoms with Crippen molar-refractivity contribution in [1.29, 1.82) is 0 Å². The average Bonchev–Trinajstić information content (AvgIpc) is 2.09. The maximum absolute atomic E-state index is 5.13. The third-order valence-electron chi connectivity index (χ3n) is 1.55. The third kappa shape index (κ3) is 7.21. The second-order valence-corrected chi connectivity index (χ2v) is 5.02. The minimum atomic E-state index is 0.584. The molecule has 0 radical (unpaired) electrons. The first-order chi connectivity index (χ1) is 6.43. The molecule has 0 atom stereocenters. The number of nitrogens with one attached hydrogen (secondary N) is 2. The summed E-state index contributed by atoms with van der Waals surface area (Å²) in [7, 11) is 0. The van der Waals surface area contributed by atoms with Crippen molar-refractivity contribution in [2.24, 2.45) is 11.8 Å². The summed E-state index contributed by atoms with van der Waals surface area (Å²) in [6.07, 6.45) is 0. The molecule has 0 aromatic heterocycles. The van der Waals surface area contributed by atoms with Gasteiger partial charge in [-0.15, -0.1) is 0 Å². The van der Waals surface area contributed by atoms with Crippen LogP contribution in [0.1, 0.15) is 27.7 Å². The fourth-order valence-corrected chi connectivity index (χ4v) is 1.07. The van der Waals surface area contributed by atoms with E-state index in [9.17, 15) is 0 Å². The van der Waals surface area contributed by atoms with Crippen LogP contribution in [0, 0.1) is 11.8 Å². The molecular weight excluding hydrogens is 212 g/mol. The van der Waals surface area contributed by atoms with Crippen LogP contribution in [0.4, 0.5) is 0 Å². The Bertz CT molecular complexity index is 178. The highest BCUT2D eigenvalue weighted by atomic mass is 32.1. The van der Waals surface area contributed by atoms with Gasteiger partial charge in [0.05, 0.1) is 0 Å². The van der Waals surface area contributed by atoms with Gasteiger partial charge in [0.15, 0.2) is 0 Å². The fourth-order valence-electron chi connectivity index (χ4n) is 0.754. The lowest BCUT2D eigenvalue weighted by atomic mass is 10.2. The third-order valence-corrected chi connectivity index (χ3v) is 2.37. The van der Waals surface area contributed by atoms with Gasteiger partial charge in [-0.3, -0.25) is 0 Å². The second kappa shape index (κ2) is 7.12. The lowest BCUT2D eigenvalue weighted by Crippen LogP contribution is -2.39. The van der Waals surface area contributed by atoms with E-state index in [1.165, 1.54) is 0 Å². The van der Waals surface area contributed by atoms with E-state index >= 15 is 0 Å². The fraction of sp³-hybridized carbons (Fsp3) is 0.800. The first kappa shape index (κ1) is 13.8. The van der Waals surface area contributed by atoms with Gasteiger partial charge in [0.1, 0.15) is 9.98 Å². The van der Waals surface area contributed by atoms with Gasteiger partial charge in [-0.2, -0.15) is 0 Å². The largest absolute Gasteiger partial charge is 0.374 e. The lowest BCUT2D eigenvalue weighted by Gasteiger charge is -2.13. The van der Waals surface area contributed by atoms with E-state index in [1.54, 1.807) is 0 Å². The number of hydrogen-bond acceptors (Lipinski definition) is 2. The number of hydrogen-bond donors (Lipinski definition) is 2. The van der Waals surface area contributed by atoms with Crippen molar-refractivity contribution in [3.63, 3.8) is 0 Å². The van der Waals surface area contributed by atoms with Crippen molar-refractivity contribution in [2.45, 2.75) is 27.7 Å². The summed E-state index contributed by atoms with van der Waals surface area (Å²) in [5, 5.41) is 6.27. The zero-order valence-electron chi connectivity index (χ0n) is 9.39. The highest BCUT2D eigenvalue weighted by Gasteiger charge is 2.04. The minimum absolute atomic E-state index is 0.584. The molecule has 0 saturated heterocycles. The van der Waals surface area contributed by atoms with Gasteiger partial charge in [-0.05, 0) is 11.8 Å². The Hall–Kier alpha value is -0.220. The maximum atomic E-state index is 5.13. The quantitative estimate of drug-likeness (QED) is 0.725. The van der Waals surface area contributed by atoms with Gasteiger partial charge in [0.2, 0.25) is 0 Å². The molecule has 0 amide bonds. The van der Waals surface area contributed by atoms with Crippen molar-refractivity contribution in [3.05, 3.63) is 0 Å². The van der Waals surface area contributed by atoms with Crippen molar-refractivity contribution < 1.29 is 0 Å². The van der Waals surface area contributed by atoms with Crippen LogP contribution in [0.5, 0.6) is 0 Å². The van der Waals surface area contributed by atoms with Crippen LogP contribution in [0.2, 0.25) is 0 Å². The molecule has 0 aromatic rings. The van der Waals surface area contributed by atoms with Crippen LogP contribution in [0.15, 0.2) is 0 Å². The van der Waals surface area contributed by atoms with Gasteiger partial charge in [0.25, 0.3) is 0 Å². The van der Waals surface area contributed by atoms with E-state index in [-0.39, 0.29) is 0 Å². The van der Waals surface area contributed by atoms with Gasteiger partial charge >= 0.3 is 0 Å². The molecule has 0 spiro atoms. The summed E-state index contributed by atoms with van der Waals surface area (Å²) in [5.41, 5.74) is 0. The number of thiocarbonyl (C=S) groups is 2. The highest BCUT2D eigenvalue weighted by Crippen LogP contribution is 1.90. The molecule has 0 heterocycles. The van der Waals surface area contributed by atoms with Crippen molar-refractivity contribution in [3.8, 4) is 0 Å². The Morgan fingerprint density at radius 3 is 1.36 bits per heavy atom. The van der Waals surface area contributed by atoms with Crippen molar-refractivity contribution >= 4 is 34.4 Å². The zero-order valence-corrected chi connectivity index (χ0v) is 11.0. The molecule has 2 nitrogen and oxygen atoms in total. The van der Waals surface area contributed by atoms with Gasteiger partial charge in [-0.25, -0.2) is 0 Å². The van der Waals surface area contributed by atoms with Crippen molar-refractivity contribution in [1.82, 2.24) is 10.6 Å². The molecule has 2 N–H and O–H groups in total. The molecule has 4 heteroatoms. The predicted molar refractivity (Wildman–Crippen MR) is 70.9 cm³/mol. The Kier molecular flexibility index (Phi) is 7.01. The van der Waals surface area contributed by atoms with E-state index < -0.39 is 0 Å². The number of rotatable bonds is 4. The van der Waals surface area contributed by atoms with E-state index in [1.807, 2.05) is 0 Å². The molecule has 0 aromatic carbocycles. The van der Waals surface area contributed by atoms with E-state index in [0.717, 1.165) is 13.1 Å². The Morgan fingerprint density at radius 2 is 1.14 bits per heavy atom. The van der Waals surface area contributed by atoms with E-state index in [2.05, 4.69) is 38.3 Å². The molecule has 0 unspecified atom stereocenters. The normalized spacial score (nSPS) is 10.4. The van der Waals surface area contributed by atoms with Crippen LogP contribution in [-0.2, 0) is 0 Å². The summed E-state index contributed by atoms with van der Waals surface area (Å²) in [4.78, 5) is 1.32. The van der Waals surface area contributed by atoms with E-state index in [0.29, 0.717) is 21.8 Å². The smallest absolute Gasteiger partial charge is 0.134 e. The van der Waals surface area contributed by atoms with Crippen LogP contribution >= 0.6 is 24.4 Å². The lowest BCUT2D eigenvalue weighted by molar-refractivity contribution is 0.621. The summed E-state index contributed by atoms with van der Waals surface area (Å²) in [5.74, 6) is 1.17. The van der Waals surface area contributed by atoms with Crippen LogP contribution in [-0.4, -0.2) is 23.1 Å². The predicted octanol–water partition coefficient (Wildman–Crippen LogP) is 2.13. The molecule has 0 rings (SSSR count). The second-order valence-electron chi connectivity index (χ2n) is 4.21. The van der Waals surface area contributed by atoms with Crippen LogP contribution in [0.25, 0.3) is 0 Å². The standard InChI is InChI=1S/C10H20N2S2/c1-7(2)5-11-9(13)10(14)12-6-8(3)4/h7-8H,5-6H2,1-4H3,(H,11,13)(H,12,14). The molecule has 0 saturated carbocycles. The summed E-state index contributed by atoms with van der Waals surface area (Å²) in [6, 6.07) is 0. The van der Waals surface area contributed by atoms with Crippen LogP contribution < -0.4 is 10.6 Å². The summed E-state index contributed by atoms with van der Waals surface area (Å²) in [6.45, 7) is 10.3. The molecule has 0 fully saturated rings. The zero-order chi connectivity index (χ0) is 11.1. The molecular formula is C10H20N2S2. The Balaban J connectivity index is 3.71. The maximum Gasteiger partial charge on any atom is 0.134 e. The SMILES string of the molecule is CC(C)CNC(=S)C(=S)NCC(C)C. The van der Waals surface area contributed by atoms with Gasteiger partial charge in [0, 0.05) is 13.1 Å². The monoisotopic (exact) mass is 232 g/mol. The molecule has 14 heavy (non-hydrogen) atoms. The van der Waals surface area contributed by atoms with Gasteiger partial charge < -0.3 is 10.6 Å². The van der Waals surface area contributed by atoms with E-state index in [4.69, 9.17) is 24.4 Å². The summed E-state index contributed by atoms with van der Waals surface area (Å²) >= 11 is 10.3. The average molecular weight is 232 g/mol. The first-order valence-electron chi connectivity index (χ1n) is 4.99. The molecule has 0 aliphatic carbocycles. The molecule has 0 aliphatic heterocycles. The topological polar surface area (TPSA) is 24.1 Å². The van der Waals surface area contributed by atoms with Gasteiger partial charge in [-0.1, -0.05) is 52.1 Å². The summed E-state index contributed by atoms with van der Waals surface area (Å²) < 4.78 is 0. The van der Waals surface area contributed by atoms with Crippen LogP contribution in [0.3, 0.4) is 0 Å². The first-order valence-corrected chi connectivity index (χ1v) is 5.81. The Labute approximate surface area is 97.8 Å². The minimum Gasteiger partial charge on any atom is -0.374 e. The van der Waals surface area contributed by atoms with Crippen molar-refractivity contribution in [2.75, 3.05) is 13.1 Å².